The highest BCUT2D eigenvalue weighted by Gasteiger charge is 2.54. The van der Waals surface area contributed by atoms with Crippen LogP contribution in [0.4, 0.5) is 0 Å². The van der Waals surface area contributed by atoms with Gasteiger partial charge in [0.1, 0.15) is 0 Å². The van der Waals surface area contributed by atoms with E-state index in [1.165, 1.54) is 4.31 Å². The van der Waals surface area contributed by atoms with Gasteiger partial charge in [-0.05, 0) is 36.1 Å². The third kappa shape index (κ3) is 3.35. The molecule has 0 spiro atoms. The summed E-state index contributed by atoms with van der Waals surface area (Å²) in [4.78, 5) is 11.8. The Hall–Kier alpha value is -1.22. The minimum absolute atomic E-state index is 0.0103. The Morgan fingerprint density at radius 1 is 1.31 bits per heavy atom. The van der Waals surface area contributed by atoms with Gasteiger partial charge in [0.25, 0.3) is 0 Å². The largest absolute Gasteiger partial charge is 0.480 e. The Kier molecular flexibility index (Phi) is 5.58. The molecule has 0 bridgehead atoms. The Balaban J connectivity index is 1.84. The molecule has 1 aromatic rings. The van der Waals surface area contributed by atoms with Crippen molar-refractivity contribution in [3.63, 3.8) is 0 Å². The van der Waals surface area contributed by atoms with Gasteiger partial charge in [0.2, 0.25) is 10.0 Å². The normalized spacial score (nSPS) is 21.2. The summed E-state index contributed by atoms with van der Waals surface area (Å²) in [5, 5.41) is 9.66. The average Bonchev–Trinajstić information content (AvgIpc) is 2.64. The number of carboxylic acids is 1. The summed E-state index contributed by atoms with van der Waals surface area (Å²) < 4.78 is 32.0. The number of sulfonamides is 1. The number of carbonyl (C=O) groups is 1. The smallest absolute Gasteiger partial charge is 0.326 e. The number of rotatable bonds is 4. The fourth-order valence-electron chi connectivity index (χ4n) is 3.51. The second-order valence-electron chi connectivity index (χ2n) is 6.72. The van der Waals surface area contributed by atoms with Crippen molar-refractivity contribution in [1.29, 1.82) is 0 Å². The molecular formula is C18H22BrNO5S. The van der Waals surface area contributed by atoms with Crippen LogP contribution < -0.4 is 0 Å². The predicted molar refractivity (Wildman–Crippen MR) is 102 cm³/mol. The first-order chi connectivity index (χ1) is 12.3. The van der Waals surface area contributed by atoms with Gasteiger partial charge in [0, 0.05) is 43.6 Å². The van der Waals surface area contributed by atoms with Crippen LogP contribution in [0.25, 0.3) is 5.57 Å². The molecule has 0 amide bonds. The van der Waals surface area contributed by atoms with Crippen molar-refractivity contribution >= 4 is 37.5 Å². The molecule has 0 atom stereocenters. The SMILES string of the molecule is Cc1cc(C2=CCN(S(=O)(=O)C3(C(=O)O)CCOCC3)CC2)ccc1Br. The van der Waals surface area contributed by atoms with Gasteiger partial charge >= 0.3 is 5.97 Å². The summed E-state index contributed by atoms with van der Waals surface area (Å²) in [5.74, 6) is -1.28. The number of hydrogen-bond donors (Lipinski definition) is 1. The maximum atomic E-state index is 13.1. The summed E-state index contributed by atoms with van der Waals surface area (Å²) in [6.07, 6.45) is 2.43. The molecule has 1 fully saturated rings. The van der Waals surface area contributed by atoms with Crippen LogP contribution in [0.3, 0.4) is 0 Å². The Morgan fingerprint density at radius 3 is 2.54 bits per heavy atom. The van der Waals surface area contributed by atoms with E-state index in [9.17, 15) is 18.3 Å². The van der Waals surface area contributed by atoms with Gasteiger partial charge in [-0.15, -0.1) is 0 Å². The molecule has 3 rings (SSSR count). The van der Waals surface area contributed by atoms with Crippen LogP contribution in [0.1, 0.15) is 30.4 Å². The zero-order chi connectivity index (χ0) is 18.9. The van der Waals surface area contributed by atoms with E-state index in [2.05, 4.69) is 22.0 Å². The monoisotopic (exact) mass is 443 g/mol. The van der Waals surface area contributed by atoms with E-state index in [0.29, 0.717) is 13.0 Å². The number of ether oxygens (including phenoxy) is 1. The van der Waals surface area contributed by atoms with E-state index >= 15 is 0 Å². The molecule has 8 heteroatoms. The fourth-order valence-corrected chi connectivity index (χ4v) is 5.75. The van der Waals surface area contributed by atoms with Crippen LogP contribution in [0, 0.1) is 6.92 Å². The molecule has 0 saturated carbocycles. The standard InChI is InChI=1S/C18H22BrNO5S/c1-13-12-15(2-3-16(13)19)14-4-8-20(9-5-14)26(23,24)18(17(21)22)6-10-25-11-7-18/h2-4,12H,5-11H2,1H3,(H,21,22). The van der Waals surface area contributed by atoms with Crippen molar-refractivity contribution in [3.05, 3.63) is 39.9 Å². The van der Waals surface area contributed by atoms with E-state index in [1.54, 1.807) is 0 Å². The molecule has 2 aliphatic heterocycles. The lowest BCUT2D eigenvalue weighted by atomic mass is 9.99. The summed E-state index contributed by atoms with van der Waals surface area (Å²) in [7, 11) is -3.96. The maximum absolute atomic E-state index is 13.1. The number of aliphatic carboxylic acids is 1. The number of hydrogen-bond acceptors (Lipinski definition) is 4. The molecule has 142 valence electrons. The van der Waals surface area contributed by atoms with Gasteiger partial charge in [0.15, 0.2) is 4.75 Å². The molecule has 6 nitrogen and oxygen atoms in total. The molecule has 0 unspecified atom stereocenters. The zero-order valence-corrected chi connectivity index (χ0v) is 17.0. The van der Waals surface area contributed by atoms with E-state index < -0.39 is 20.7 Å². The first kappa shape index (κ1) is 19.5. The number of benzene rings is 1. The lowest BCUT2D eigenvalue weighted by Gasteiger charge is -2.38. The van der Waals surface area contributed by atoms with Crippen molar-refractivity contribution in [1.82, 2.24) is 4.31 Å². The minimum atomic E-state index is -3.96. The number of carboxylic acid groups (broad SMARTS) is 1. The predicted octanol–water partition coefficient (Wildman–Crippen LogP) is 2.81. The molecule has 0 radical (unpaired) electrons. The molecule has 1 aromatic carbocycles. The Bertz CT molecular complexity index is 843. The highest BCUT2D eigenvalue weighted by molar-refractivity contribution is 9.10. The van der Waals surface area contributed by atoms with Crippen molar-refractivity contribution in [2.45, 2.75) is 30.9 Å². The van der Waals surface area contributed by atoms with Crippen molar-refractivity contribution in [3.8, 4) is 0 Å². The lowest BCUT2D eigenvalue weighted by Crippen LogP contribution is -2.56. The fraction of sp³-hybridized carbons (Fsp3) is 0.500. The number of aryl methyl sites for hydroxylation is 1. The first-order valence-corrected chi connectivity index (χ1v) is 10.8. The van der Waals surface area contributed by atoms with E-state index in [1.807, 2.05) is 25.1 Å². The minimum Gasteiger partial charge on any atom is -0.480 e. The summed E-state index contributed by atoms with van der Waals surface area (Å²) in [6, 6.07) is 6.05. The molecule has 2 aliphatic rings. The van der Waals surface area contributed by atoms with Crippen LogP contribution in [-0.4, -0.2) is 54.8 Å². The van der Waals surface area contributed by atoms with Gasteiger partial charge < -0.3 is 9.84 Å². The van der Waals surface area contributed by atoms with E-state index in [4.69, 9.17) is 4.74 Å². The molecular weight excluding hydrogens is 422 g/mol. The zero-order valence-electron chi connectivity index (χ0n) is 14.6. The van der Waals surface area contributed by atoms with Crippen molar-refractivity contribution in [2.24, 2.45) is 0 Å². The molecule has 1 saturated heterocycles. The lowest BCUT2D eigenvalue weighted by molar-refractivity contribution is -0.142. The summed E-state index contributed by atoms with van der Waals surface area (Å²) in [5.41, 5.74) is 3.27. The highest BCUT2D eigenvalue weighted by Crippen LogP contribution is 2.35. The molecule has 26 heavy (non-hydrogen) atoms. The van der Waals surface area contributed by atoms with Gasteiger partial charge in [-0.1, -0.05) is 34.1 Å². The number of halogens is 1. The Labute approximate surface area is 162 Å². The quantitative estimate of drug-likeness (QED) is 0.772. The van der Waals surface area contributed by atoms with Crippen molar-refractivity contribution in [2.75, 3.05) is 26.3 Å². The molecule has 2 heterocycles. The van der Waals surface area contributed by atoms with Crippen LogP contribution in [0.2, 0.25) is 0 Å². The molecule has 1 N–H and O–H groups in total. The van der Waals surface area contributed by atoms with Gasteiger partial charge in [-0.3, -0.25) is 4.79 Å². The highest BCUT2D eigenvalue weighted by atomic mass is 79.9. The topological polar surface area (TPSA) is 83.9 Å². The third-order valence-electron chi connectivity index (χ3n) is 5.22. The Morgan fingerprint density at radius 2 is 2.00 bits per heavy atom. The van der Waals surface area contributed by atoms with Crippen LogP contribution in [-0.2, 0) is 19.6 Å². The maximum Gasteiger partial charge on any atom is 0.326 e. The van der Waals surface area contributed by atoms with Crippen LogP contribution in [0.15, 0.2) is 28.7 Å². The average molecular weight is 444 g/mol. The summed E-state index contributed by atoms with van der Waals surface area (Å²) >= 11 is 3.48. The second kappa shape index (κ2) is 7.42. The van der Waals surface area contributed by atoms with Gasteiger partial charge in [-0.2, -0.15) is 4.31 Å². The van der Waals surface area contributed by atoms with Crippen LogP contribution in [0.5, 0.6) is 0 Å². The molecule has 0 aliphatic carbocycles. The molecule has 0 aromatic heterocycles. The van der Waals surface area contributed by atoms with Gasteiger partial charge in [-0.25, -0.2) is 8.42 Å². The van der Waals surface area contributed by atoms with Gasteiger partial charge in [0.05, 0.1) is 0 Å². The van der Waals surface area contributed by atoms with Crippen LogP contribution >= 0.6 is 15.9 Å². The third-order valence-corrected chi connectivity index (χ3v) is 8.70. The number of nitrogens with zero attached hydrogens (tertiary/aromatic N) is 1. The van der Waals surface area contributed by atoms with E-state index in [-0.39, 0.29) is 32.6 Å². The summed E-state index contributed by atoms with van der Waals surface area (Å²) in [6.45, 7) is 2.80. The first-order valence-electron chi connectivity index (χ1n) is 8.54. The van der Waals surface area contributed by atoms with E-state index in [0.717, 1.165) is 21.2 Å². The second-order valence-corrected chi connectivity index (χ2v) is 9.82. The van der Waals surface area contributed by atoms with Crippen molar-refractivity contribution < 1.29 is 23.1 Å².